The summed E-state index contributed by atoms with van der Waals surface area (Å²) in [6.45, 7) is 0. The minimum atomic E-state index is -0.293. The average molecular weight is 474 g/mol. The molecule has 5 rings (SSSR count). The highest BCUT2D eigenvalue weighted by Gasteiger charge is 2.24. The van der Waals surface area contributed by atoms with Gasteiger partial charge in [0.2, 0.25) is 0 Å². The molecule has 174 valence electrons. The maximum Gasteiger partial charge on any atom is 0.191 e. The smallest absolute Gasteiger partial charge is 0.191 e. The van der Waals surface area contributed by atoms with Crippen LogP contribution in [0, 0.1) is 0 Å². The van der Waals surface area contributed by atoms with Gasteiger partial charge in [0.1, 0.15) is 5.82 Å². The Kier molecular flexibility index (Phi) is 6.54. The number of fused-ring (bicyclic) bond motifs is 1. The molecule has 0 radical (unpaired) electrons. The van der Waals surface area contributed by atoms with E-state index in [1.807, 2.05) is 0 Å². The van der Waals surface area contributed by atoms with E-state index in [-0.39, 0.29) is 23.0 Å². The highest BCUT2D eigenvalue weighted by atomic mass is 32.2. The fourth-order valence-electron chi connectivity index (χ4n) is 4.76. The van der Waals surface area contributed by atoms with E-state index in [1.165, 1.54) is 65.6 Å². The predicted molar refractivity (Wildman–Crippen MR) is 134 cm³/mol. The number of hydrogen-bond acceptors (Lipinski definition) is 6. The molecule has 0 atom stereocenters. The highest BCUT2D eigenvalue weighted by molar-refractivity contribution is 7.99. The van der Waals surface area contributed by atoms with E-state index in [9.17, 15) is 15.0 Å². The van der Waals surface area contributed by atoms with Crippen molar-refractivity contribution in [2.24, 2.45) is 0 Å². The summed E-state index contributed by atoms with van der Waals surface area (Å²) in [5, 5.41) is 31.5. The average Bonchev–Trinajstić information content (AvgIpc) is 3.27. The lowest BCUT2D eigenvalue weighted by atomic mass is 9.95. The number of aromatic hydroxyl groups is 2. The topological polar surface area (TPSA) is 88.2 Å². The molecular weight excluding hydrogens is 446 g/mol. The summed E-state index contributed by atoms with van der Waals surface area (Å²) in [6.07, 6.45) is 6.49. The summed E-state index contributed by atoms with van der Waals surface area (Å²) < 4.78 is 2.26. The van der Waals surface area contributed by atoms with Crippen molar-refractivity contribution in [1.29, 1.82) is 0 Å². The van der Waals surface area contributed by atoms with E-state index in [0.717, 1.165) is 23.8 Å². The van der Waals surface area contributed by atoms with Gasteiger partial charge in [-0.3, -0.25) is 4.79 Å². The SMILES string of the molecule is O=C(CSc1nnc(Cc2cccc3ccccc23)n1C1CCCCC1)c1ccc(O)c(O)c1. The Labute approximate surface area is 202 Å². The Hall–Kier alpha value is -3.32. The van der Waals surface area contributed by atoms with Crippen molar-refractivity contribution < 1.29 is 15.0 Å². The van der Waals surface area contributed by atoms with Gasteiger partial charge < -0.3 is 14.8 Å². The van der Waals surface area contributed by atoms with E-state index in [0.29, 0.717) is 18.0 Å². The zero-order valence-electron chi connectivity index (χ0n) is 18.9. The van der Waals surface area contributed by atoms with Gasteiger partial charge >= 0.3 is 0 Å². The van der Waals surface area contributed by atoms with E-state index >= 15 is 0 Å². The number of phenols is 2. The van der Waals surface area contributed by atoms with Crippen LogP contribution < -0.4 is 0 Å². The molecule has 1 fully saturated rings. The number of benzene rings is 3. The number of rotatable bonds is 7. The van der Waals surface area contributed by atoms with Crippen LogP contribution in [-0.4, -0.2) is 36.5 Å². The number of aromatic nitrogens is 3. The molecule has 3 aromatic carbocycles. The number of carbonyl (C=O) groups is 1. The first-order valence-corrected chi connectivity index (χ1v) is 12.7. The molecule has 0 bridgehead atoms. The van der Waals surface area contributed by atoms with Gasteiger partial charge in [0, 0.05) is 18.0 Å². The Morgan fingerprint density at radius 2 is 1.74 bits per heavy atom. The van der Waals surface area contributed by atoms with Crippen LogP contribution >= 0.6 is 11.8 Å². The highest BCUT2D eigenvalue weighted by Crippen LogP contribution is 2.34. The lowest BCUT2D eigenvalue weighted by Gasteiger charge is -2.25. The van der Waals surface area contributed by atoms with E-state index in [4.69, 9.17) is 0 Å². The van der Waals surface area contributed by atoms with Crippen LogP contribution in [0.4, 0.5) is 0 Å². The molecule has 1 saturated carbocycles. The monoisotopic (exact) mass is 473 g/mol. The maximum atomic E-state index is 12.7. The standard InChI is InChI=1S/C27H27N3O3S/c31-23-14-13-20(15-24(23)32)25(33)17-34-27-29-28-26(30(27)21-10-2-1-3-11-21)16-19-9-6-8-18-7-4-5-12-22(18)19/h4-9,12-15,21,31-32H,1-3,10-11,16-17H2. The van der Waals surface area contributed by atoms with Gasteiger partial charge in [-0.1, -0.05) is 73.5 Å². The van der Waals surface area contributed by atoms with Crippen molar-refractivity contribution in [3.63, 3.8) is 0 Å². The first-order chi connectivity index (χ1) is 16.6. The molecule has 0 unspecified atom stereocenters. The molecule has 7 heteroatoms. The minimum Gasteiger partial charge on any atom is -0.504 e. The fraction of sp³-hybridized carbons (Fsp3) is 0.296. The van der Waals surface area contributed by atoms with Gasteiger partial charge in [0.05, 0.1) is 5.75 Å². The first-order valence-electron chi connectivity index (χ1n) is 11.7. The van der Waals surface area contributed by atoms with Crippen LogP contribution in [0.2, 0.25) is 0 Å². The Morgan fingerprint density at radius 1 is 0.941 bits per heavy atom. The molecule has 1 aliphatic rings. The van der Waals surface area contributed by atoms with Crippen LogP contribution in [0.15, 0.2) is 65.8 Å². The van der Waals surface area contributed by atoms with Crippen molar-refractivity contribution in [1.82, 2.24) is 14.8 Å². The van der Waals surface area contributed by atoms with Crippen molar-refractivity contribution >= 4 is 28.3 Å². The number of ketones is 1. The zero-order chi connectivity index (χ0) is 23.5. The number of phenolic OH excluding ortho intramolecular Hbond substituents is 2. The second-order valence-corrected chi connectivity index (χ2v) is 9.73. The van der Waals surface area contributed by atoms with Gasteiger partial charge in [0.25, 0.3) is 0 Å². The molecule has 34 heavy (non-hydrogen) atoms. The summed E-state index contributed by atoms with van der Waals surface area (Å²) in [5.41, 5.74) is 1.58. The molecular formula is C27H27N3O3S. The van der Waals surface area contributed by atoms with Gasteiger partial charge in [-0.05, 0) is 47.4 Å². The predicted octanol–water partition coefficient (Wildman–Crippen LogP) is 5.91. The van der Waals surface area contributed by atoms with Crippen LogP contribution in [0.5, 0.6) is 11.5 Å². The molecule has 1 heterocycles. The third-order valence-electron chi connectivity index (χ3n) is 6.53. The molecule has 0 saturated heterocycles. The number of Topliss-reactive ketones (excluding diaryl/α,β-unsaturated/α-hetero) is 1. The Balaban J connectivity index is 1.42. The van der Waals surface area contributed by atoms with Crippen LogP contribution in [0.1, 0.15) is 59.9 Å². The third kappa shape index (κ3) is 4.66. The molecule has 0 aliphatic heterocycles. The molecule has 2 N–H and O–H groups in total. The van der Waals surface area contributed by atoms with Gasteiger partial charge in [0.15, 0.2) is 22.4 Å². The van der Waals surface area contributed by atoms with Crippen molar-refractivity contribution in [3.05, 3.63) is 77.6 Å². The maximum absolute atomic E-state index is 12.7. The summed E-state index contributed by atoms with van der Waals surface area (Å²) in [4.78, 5) is 12.7. The van der Waals surface area contributed by atoms with Gasteiger partial charge in [-0.15, -0.1) is 10.2 Å². The number of carbonyl (C=O) groups excluding carboxylic acids is 1. The normalized spacial score (nSPS) is 14.5. The van der Waals surface area contributed by atoms with Crippen LogP contribution in [0.3, 0.4) is 0 Å². The van der Waals surface area contributed by atoms with Crippen LogP contribution in [-0.2, 0) is 6.42 Å². The lowest BCUT2D eigenvalue weighted by molar-refractivity contribution is 0.102. The van der Waals surface area contributed by atoms with Crippen LogP contribution in [0.25, 0.3) is 10.8 Å². The number of nitrogens with zero attached hydrogens (tertiary/aromatic N) is 3. The number of hydrogen-bond donors (Lipinski definition) is 2. The zero-order valence-corrected chi connectivity index (χ0v) is 19.7. The summed E-state index contributed by atoms with van der Waals surface area (Å²) in [7, 11) is 0. The van der Waals surface area contributed by atoms with E-state index < -0.39 is 0 Å². The summed E-state index contributed by atoms with van der Waals surface area (Å²) >= 11 is 1.38. The minimum absolute atomic E-state index is 0.130. The first kappa shape index (κ1) is 22.5. The van der Waals surface area contributed by atoms with Crippen molar-refractivity contribution in [3.8, 4) is 11.5 Å². The Morgan fingerprint density at radius 3 is 2.56 bits per heavy atom. The van der Waals surface area contributed by atoms with Crippen molar-refractivity contribution in [2.75, 3.05) is 5.75 Å². The fourth-order valence-corrected chi connectivity index (χ4v) is 5.68. The lowest BCUT2D eigenvalue weighted by Crippen LogP contribution is -2.17. The second-order valence-electron chi connectivity index (χ2n) is 8.79. The second kappa shape index (κ2) is 9.89. The van der Waals surface area contributed by atoms with Crippen molar-refractivity contribution in [2.45, 2.75) is 49.7 Å². The van der Waals surface area contributed by atoms with E-state index in [1.54, 1.807) is 0 Å². The quantitative estimate of drug-likeness (QED) is 0.197. The number of thioether (sulfide) groups is 1. The molecule has 4 aromatic rings. The molecule has 0 spiro atoms. The summed E-state index contributed by atoms with van der Waals surface area (Å²) in [6, 6.07) is 19.2. The summed E-state index contributed by atoms with van der Waals surface area (Å²) in [5.74, 6) is 0.455. The van der Waals surface area contributed by atoms with Gasteiger partial charge in [-0.25, -0.2) is 0 Å². The largest absolute Gasteiger partial charge is 0.504 e. The van der Waals surface area contributed by atoms with Gasteiger partial charge in [-0.2, -0.15) is 0 Å². The Bertz CT molecular complexity index is 1320. The molecule has 0 amide bonds. The molecule has 1 aromatic heterocycles. The third-order valence-corrected chi connectivity index (χ3v) is 7.48. The van der Waals surface area contributed by atoms with E-state index in [2.05, 4.69) is 57.2 Å². The molecule has 6 nitrogen and oxygen atoms in total. The molecule has 1 aliphatic carbocycles.